The molecule has 0 aliphatic heterocycles. The van der Waals surface area contributed by atoms with Crippen molar-refractivity contribution in [1.82, 2.24) is 15.5 Å². The van der Waals surface area contributed by atoms with Gasteiger partial charge in [-0.3, -0.25) is 4.79 Å². The lowest BCUT2D eigenvalue weighted by Crippen LogP contribution is -2.41. The predicted octanol–water partition coefficient (Wildman–Crippen LogP) is 4.59. The molecule has 0 radical (unpaired) electrons. The number of hydrogen-bond donors (Lipinski definition) is 1. The lowest BCUT2D eigenvalue weighted by molar-refractivity contribution is -0.119. The number of rotatable bonds is 7. The monoisotopic (exact) mass is 411 g/mol. The summed E-state index contributed by atoms with van der Waals surface area (Å²) >= 11 is 1.25. The van der Waals surface area contributed by atoms with Crippen molar-refractivity contribution >= 4 is 28.4 Å². The maximum Gasteiger partial charge on any atom is 0.277 e. The molecule has 1 fully saturated rings. The Labute approximate surface area is 174 Å². The molecule has 29 heavy (non-hydrogen) atoms. The molecule has 1 aromatic heterocycles. The van der Waals surface area contributed by atoms with Gasteiger partial charge in [0, 0.05) is 6.04 Å². The Kier molecular flexibility index (Phi) is 6.34. The van der Waals surface area contributed by atoms with Gasteiger partial charge in [0.15, 0.2) is 6.61 Å². The Morgan fingerprint density at radius 2 is 2.00 bits per heavy atom. The van der Waals surface area contributed by atoms with Gasteiger partial charge < -0.3 is 14.5 Å². The van der Waals surface area contributed by atoms with Crippen LogP contribution in [0.25, 0.3) is 10.8 Å². The normalized spacial score (nSPS) is 19.2. The molecule has 1 heterocycles. The number of hydrogen-bond acceptors (Lipinski definition) is 6. The van der Waals surface area contributed by atoms with Crippen molar-refractivity contribution in [2.24, 2.45) is 5.92 Å². The van der Waals surface area contributed by atoms with E-state index in [-0.39, 0.29) is 24.3 Å². The molecule has 4 rings (SSSR count). The molecule has 2 atom stereocenters. The molecule has 6 nitrogen and oxygen atoms in total. The van der Waals surface area contributed by atoms with Crippen molar-refractivity contribution in [3.8, 4) is 5.75 Å². The van der Waals surface area contributed by atoms with Gasteiger partial charge in [0.25, 0.3) is 11.1 Å². The molecule has 1 saturated carbocycles. The van der Waals surface area contributed by atoms with Gasteiger partial charge in [-0.25, -0.2) is 0 Å². The van der Waals surface area contributed by atoms with Gasteiger partial charge >= 0.3 is 0 Å². The van der Waals surface area contributed by atoms with Crippen LogP contribution in [0.5, 0.6) is 5.75 Å². The third-order valence-electron chi connectivity index (χ3n) is 5.32. The third kappa shape index (κ3) is 5.29. The highest BCUT2D eigenvalue weighted by Crippen LogP contribution is 2.25. The minimum atomic E-state index is 0.0147. The number of nitrogens with one attached hydrogen (secondary N) is 1. The zero-order valence-corrected chi connectivity index (χ0v) is 17.3. The Bertz CT molecular complexity index is 975. The van der Waals surface area contributed by atoms with E-state index in [1.165, 1.54) is 31.0 Å². The SMILES string of the molecule is C[C@@H]1CCCC[C@@H]1NC(=O)CSc1nnc(COc2ccc3ccccc3c2)o1. The number of nitrogens with zero attached hydrogens (tertiary/aromatic N) is 2. The number of fused-ring (bicyclic) bond motifs is 1. The van der Waals surface area contributed by atoms with Crippen LogP contribution in [0.15, 0.2) is 52.1 Å². The first-order chi connectivity index (χ1) is 14.2. The van der Waals surface area contributed by atoms with Crippen molar-refractivity contribution in [2.45, 2.75) is 50.5 Å². The minimum Gasteiger partial charge on any atom is -0.484 e. The maximum absolute atomic E-state index is 12.2. The molecule has 7 heteroatoms. The summed E-state index contributed by atoms with van der Waals surface area (Å²) in [5.41, 5.74) is 0. The third-order valence-corrected chi connectivity index (χ3v) is 6.13. The number of carbonyl (C=O) groups excluding carboxylic acids is 1. The number of benzene rings is 2. The summed E-state index contributed by atoms with van der Waals surface area (Å²) in [6, 6.07) is 14.3. The fourth-order valence-corrected chi connectivity index (χ4v) is 4.26. The highest BCUT2D eigenvalue weighted by atomic mass is 32.2. The summed E-state index contributed by atoms with van der Waals surface area (Å²) in [6.45, 7) is 2.40. The average molecular weight is 412 g/mol. The van der Waals surface area contributed by atoms with Crippen LogP contribution in [0.2, 0.25) is 0 Å². The average Bonchev–Trinajstić information content (AvgIpc) is 3.20. The van der Waals surface area contributed by atoms with Gasteiger partial charge in [0.05, 0.1) is 5.75 Å². The Morgan fingerprint density at radius 3 is 2.86 bits per heavy atom. The molecule has 3 aromatic rings. The van der Waals surface area contributed by atoms with Crippen LogP contribution >= 0.6 is 11.8 Å². The van der Waals surface area contributed by atoms with E-state index in [9.17, 15) is 4.79 Å². The van der Waals surface area contributed by atoms with Crippen molar-refractivity contribution in [1.29, 1.82) is 0 Å². The number of amides is 1. The standard InChI is InChI=1S/C22H25N3O3S/c1-15-6-2-5-9-19(15)23-20(26)14-29-22-25-24-21(28-22)13-27-18-11-10-16-7-3-4-8-17(16)12-18/h3-4,7-8,10-12,15,19H,2,5-6,9,13-14H2,1H3,(H,23,26)/t15-,19+/m1/s1. The first kappa shape index (κ1) is 19.8. The first-order valence-corrected chi connectivity index (χ1v) is 11.0. The van der Waals surface area contributed by atoms with Crippen molar-refractivity contribution in [3.05, 3.63) is 48.4 Å². The Morgan fingerprint density at radius 1 is 1.17 bits per heavy atom. The molecule has 0 bridgehead atoms. The lowest BCUT2D eigenvalue weighted by atomic mass is 9.86. The fraction of sp³-hybridized carbons (Fsp3) is 0.409. The summed E-state index contributed by atoms with van der Waals surface area (Å²) in [4.78, 5) is 12.2. The smallest absolute Gasteiger partial charge is 0.277 e. The second-order valence-corrected chi connectivity index (χ2v) is 8.41. The van der Waals surface area contributed by atoms with Crippen LogP contribution in [0.3, 0.4) is 0 Å². The largest absolute Gasteiger partial charge is 0.484 e. The summed E-state index contributed by atoms with van der Waals surface area (Å²) in [6.07, 6.45) is 4.69. The molecule has 0 saturated heterocycles. The number of aromatic nitrogens is 2. The summed E-state index contributed by atoms with van der Waals surface area (Å²) in [5, 5.41) is 13.8. The van der Waals surface area contributed by atoms with E-state index in [0.29, 0.717) is 17.0 Å². The molecular weight excluding hydrogens is 386 g/mol. The Hall–Kier alpha value is -2.54. The predicted molar refractivity (Wildman–Crippen MR) is 113 cm³/mol. The highest BCUT2D eigenvalue weighted by molar-refractivity contribution is 7.99. The van der Waals surface area contributed by atoms with Crippen LogP contribution in [0, 0.1) is 5.92 Å². The van der Waals surface area contributed by atoms with E-state index >= 15 is 0 Å². The van der Waals surface area contributed by atoms with E-state index in [1.807, 2.05) is 36.4 Å². The number of thioether (sulfide) groups is 1. The zero-order chi connectivity index (χ0) is 20.1. The number of ether oxygens (including phenoxy) is 1. The molecule has 0 unspecified atom stereocenters. The van der Waals surface area contributed by atoms with Crippen LogP contribution in [0.1, 0.15) is 38.5 Å². The van der Waals surface area contributed by atoms with Crippen molar-refractivity contribution < 1.29 is 13.9 Å². The molecule has 152 valence electrons. The Balaban J connectivity index is 1.25. The van der Waals surface area contributed by atoms with E-state index < -0.39 is 0 Å². The fourth-order valence-electron chi connectivity index (χ4n) is 3.66. The lowest BCUT2D eigenvalue weighted by Gasteiger charge is -2.29. The van der Waals surface area contributed by atoms with Crippen LogP contribution in [-0.2, 0) is 11.4 Å². The first-order valence-electron chi connectivity index (χ1n) is 10.0. The number of carbonyl (C=O) groups is 1. The highest BCUT2D eigenvalue weighted by Gasteiger charge is 2.23. The van der Waals surface area contributed by atoms with Crippen LogP contribution in [0.4, 0.5) is 0 Å². The van der Waals surface area contributed by atoms with Gasteiger partial charge in [-0.05, 0) is 41.7 Å². The quantitative estimate of drug-likeness (QED) is 0.573. The van der Waals surface area contributed by atoms with E-state index in [0.717, 1.165) is 22.9 Å². The molecule has 2 aromatic carbocycles. The summed E-state index contributed by atoms with van der Waals surface area (Å²) < 4.78 is 11.4. The van der Waals surface area contributed by atoms with Crippen molar-refractivity contribution in [3.63, 3.8) is 0 Å². The van der Waals surface area contributed by atoms with Gasteiger partial charge in [-0.2, -0.15) is 0 Å². The second kappa shape index (κ2) is 9.31. The molecule has 1 N–H and O–H groups in total. The van der Waals surface area contributed by atoms with Gasteiger partial charge in [0.1, 0.15) is 5.75 Å². The van der Waals surface area contributed by atoms with E-state index in [2.05, 4.69) is 28.5 Å². The summed E-state index contributed by atoms with van der Waals surface area (Å²) in [7, 11) is 0. The van der Waals surface area contributed by atoms with Crippen molar-refractivity contribution in [2.75, 3.05) is 5.75 Å². The maximum atomic E-state index is 12.2. The van der Waals surface area contributed by atoms with Crippen LogP contribution in [-0.4, -0.2) is 27.9 Å². The molecular formula is C22H25N3O3S. The zero-order valence-electron chi connectivity index (χ0n) is 16.5. The van der Waals surface area contributed by atoms with E-state index in [4.69, 9.17) is 9.15 Å². The van der Waals surface area contributed by atoms with Gasteiger partial charge in [-0.15, -0.1) is 10.2 Å². The minimum absolute atomic E-state index is 0.0147. The molecule has 0 spiro atoms. The van der Waals surface area contributed by atoms with Gasteiger partial charge in [0.2, 0.25) is 5.91 Å². The molecule has 1 aliphatic rings. The van der Waals surface area contributed by atoms with E-state index in [1.54, 1.807) is 0 Å². The van der Waals surface area contributed by atoms with Crippen LogP contribution < -0.4 is 10.1 Å². The van der Waals surface area contributed by atoms with Gasteiger partial charge in [-0.1, -0.05) is 61.9 Å². The molecule has 1 aliphatic carbocycles. The summed E-state index contributed by atoms with van der Waals surface area (Å²) in [5.74, 6) is 1.97. The topological polar surface area (TPSA) is 77.2 Å². The molecule has 1 amide bonds. The second-order valence-electron chi connectivity index (χ2n) is 7.48.